The molecule has 4 nitrogen and oxygen atoms in total. The van der Waals surface area contributed by atoms with E-state index in [1.54, 1.807) is 11.3 Å². The molecule has 126 valence electrons. The minimum Gasteiger partial charge on any atom is -0.353 e. The predicted molar refractivity (Wildman–Crippen MR) is 92.5 cm³/mol. The fourth-order valence-corrected chi connectivity index (χ4v) is 4.37. The van der Waals surface area contributed by atoms with Crippen molar-refractivity contribution in [1.82, 2.24) is 10.2 Å². The van der Waals surface area contributed by atoms with E-state index in [-0.39, 0.29) is 17.7 Å². The third-order valence-corrected chi connectivity index (χ3v) is 6.04. The Kier molecular flexibility index (Phi) is 5.36. The van der Waals surface area contributed by atoms with Gasteiger partial charge in [-0.2, -0.15) is 11.3 Å². The maximum Gasteiger partial charge on any atom is 0.254 e. The molecule has 1 N–H and O–H groups in total. The second-order valence-electron chi connectivity index (χ2n) is 6.96. The van der Waals surface area contributed by atoms with Crippen molar-refractivity contribution in [3.63, 3.8) is 0 Å². The van der Waals surface area contributed by atoms with Gasteiger partial charge in [0.1, 0.15) is 0 Å². The van der Waals surface area contributed by atoms with Crippen molar-refractivity contribution in [3.8, 4) is 0 Å². The van der Waals surface area contributed by atoms with Crippen LogP contribution in [0.3, 0.4) is 0 Å². The van der Waals surface area contributed by atoms with Gasteiger partial charge in [0.15, 0.2) is 0 Å². The molecule has 0 aromatic carbocycles. The second kappa shape index (κ2) is 7.47. The molecule has 0 bridgehead atoms. The molecule has 0 unspecified atom stereocenters. The summed E-state index contributed by atoms with van der Waals surface area (Å²) in [5, 5.41) is 7.09. The van der Waals surface area contributed by atoms with E-state index in [1.807, 2.05) is 21.7 Å². The van der Waals surface area contributed by atoms with Crippen molar-refractivity contribution in [2.75, 3.05) is 13.1 Å². The minimum absolute atomic E-state index is 0.0654. The number of likely N-dealkylation sites (tertiary alicyclic amines) is 1. The molecule has 5 heteroatoms. The van der Waals surface area contributed by atoms with Crippen LogP contribution in [0.25, 0.3) is 0 Å². The Morgan fingerprint density at radius 2 is 1.91 bits per heavy atom. The summed E-state index contributed by atoms with van der Waals surface area (Å²) in [4.78, 5) is 26.7. The normalized spacial score (nSPS) is 26.0. The Labute approximate surface area is 142 Å². The summed E-state index contributed by atoms with van der Waals surface area (Å²) < 4.78 is 0. The highest BCUT2D eigenvalue weighted by molar-refractivity contribution is 7.08. The lowest BCUT2D eigenvalue weighted by molar-refractivity contribution is -0.127. The summed E-state index contributed by atoms with van der Waals surface area (Å²) in [7, 11) is 0. The van der Waals surface area contributed by atoms with Gasteiger partial charge >= 0.3 is 0 Å². The molecule has 0 radical (unpaired) electrons. The van der Waals surface area contributed by atoms with E-state index in [2.05, 4.69) is 12.2 Å². The van der Waals surface area contributed by atoms with Crippen LogP contribution >= 0.6 is 11.3 Å². The summed E-state index contributed by atoms with van der Waals surface area (Å²) in [5.41, 5.74) is 0.772. The summed E-state index contributed by atoms with van der Waals surface area (Å²) in [6, 6.07) is 2.22. The van der Waals surface area contributed by atoms with Crippen molar-refractivity contribution >= 4 is 23.2 Å². The fraction of sp³-hybridized carbons (Fsp3) is 0.667. The summed E-state index contributed by atoms with van der Waals surface area (Å²) in [5.74, 6) is 0.959. The van der Waals surface area contributed by atoms with Crippen LogP contribution in [0.15, 0.2) is 16.8 Å². The zero-order chi connectivity index (χ0) is 16.2. The predicted octanol–water partition coefficient (Wildman–Crippen LogP) is 3.30. The van der Waals surface area contributed by atoms with Gasteiger partial charge in [-0.05, 0) is 43.0 Å². The first-order valence-electron chi connectivity index (χ1n) is 8.77. The molecule has 1 aliphatic carbocycles. The topological polar surface area (TPSA) is 49.4 Å². The molecule has 2 amide bonds. The van der Waals surface area contributed by atoms with Gasteiger partial charge in [-0.15, -0.1) is 0 Å². The molecule has 3 rings (SSSR count). The summed E-state index contributed by atoms with van der Waals surface area (Å²) >= 11 is 1.55. The van der Waals surface area contributed by atoms with Crippen LogP contribution < -0.4 is 5.32 Å². The first-order chi connectivity index (χ1) is 11.1. The van der Waals surface area contributed by atoms with Crippen LogP contribution in [0.5, 0.6) is 0 Å². The third-order valence-electron chi connectivity index (χ3n) is 5.36. The maximum absolute atomic E-state index is 12.5. The standard InChI is InChI=1S/C18H26N2O2S/c1-13-4-2-3-5-16(13)19-17(21)14-6-9-20(10-7-14)18(22)15-8-11-23-12-15/h8,11-14,16H,2-7,9-10H2,1H3,(H,19,21)/t13-,16-/m0/s1. The zero-order valence-electron chi connectivity index (χ0n) is 13.8. The largest absolute Gasteiger partial charge is 0.353 e. The number of thiophene rings is 1. The Bertz CT molecular complexity index is 535. The zero-order valence-corrected chi connectivity index (χ0v) is 14.6. The molecule has 23 heavy (non-hydrogen) atoms. The molecule has 0 spiro atoms. The fourth-order valence-electron chi connectivity index (χ4n) is 3.74. The van der Waals surface area contributed by atoms with Crippen molar-refractivity contribution in [2.24, 2.45) is 11.8 Å². The quantitative estimate of drug-likeness (QED) is 0.922. The van der Waals surface area contributed by atoms with Gasteiger partial charge in [0.2, 0.25) is 5.91 Å². The lowest BCUT2D eigenvalue weighted by Crippen LogP contribution is -2.47. The van der Waals surface area contributed by atoms with Crippen LogP contribution in [-0.2, 0) is 4.79 Å². The third kappa shape index (κ3) is 3.94. The molecule has 2 aliphatic rings. The number of nitrogens with one attached hydrogen (secondary N) is 1. The van der Waals surface area contributed by atoms with Gasteiger partial charge in [-0.25, -0.2) is 0 Å². The van der Waals surface area contributed by atoms with E-state index >= 15 is 0 Å². The first kappa shape index (κ1) is 16.5. The van der Waals surface area contributed by atoms with Crippen LogP contribution in [0.1, 0.15) is 55.8 Å². The highest BCUT2D eigenvalue weighted by atomic mass is 32.1. The summed E-state index contributed by atoms with van der Waals surface area (Å²) in [6.07, 6.45) is 6.41. The lowest BCUT2D eigenvalue weighted by atomic mass is 9.85. The van der Waals surface area contributed by atoms with Gasteiger partial charge in [-0.1, -0.05) is 19.8 Å². The maximum atomic E-state index is 12.5. The van der Waals surface area contributed by atoms with Crippen LogP contribution in [0.2, 0.25) is 0 Å². The van der Waals surface area contributed by atoms with E-state index in [1.165, 1.54) is 19.3 Å². The molecular formula is C18H26N2O2S. The average molecular weight is 334 g/mol. The molecule has 1 aliphatic heterocycles. The average Bonchev–Trinajstić information content (AvgIpc) is 3.11. The Balaban J connectivity index is 1.48. The molecule has 2 heterocycles. The molecule has 1 saturated heterocycles. The van der Waals surface area contributed by atoms with Gasteiger partial charge in [0, 0.05) is 30.4 Å². The monoisotopic (exact) mass is 334 g/mol. The number of carbonyl (C=O) groups is 2. The summed E-state index contributed by atoms with van der Waals surface area (Å²) in [6.45, 7) is 3.62. The van der Waals surface area contributed by atoms with Gasteiger partial charge in [-0.3, -0.25) is 9.59 Å². The SMILES string of the molecule is C[C@H]1CCCC[C@@H]1NC(=O)C1CCN(C(=O)c2ccsc2)CC1. The highest BCUT2D eigenvalue weighted by Crippen LogP contribution is 2.25. The Hall–Kier alpha value is -1.36. The van der Waals surface area contributed by atoms with Gasteiger partial charge < -0.3 is 10.2 Å². The minimum atomic E-state index is 0.0654. The number of amides is 2. The second-order valence-corrected chi connectivity index (χ2v) is 7.74. The van der Waals surface area contributed by atoms with E-state index < -0.39 is 0 Å². The molecule has 1 aromatic heterocycles. The van der Waals surface area contributed by atoms with E-state index in [9.17, 15) is 9.59 Å². The molecule has 2 fully saturated rings. The van der Waals surface area contributed by atoms with Crippen molar-refractivity contribution in [3.05, 3.63) is 22.4 Å². The first-order valence-corrected chi connectivity index (χ1v) is 9.71. The number of hydrogen-bond donors (Lipinski definition) is 1. The van der Waals surface area contributed by atoms with Crippen molar-refractivity contribution in [2.45, 2.75) is 51.5 Å². The highest BCUT2D eigenvalue weighted by Gasteiger charge is 2.30. The number of nitrogens with zero attached hydrogens (tertiary/aromatic N) is 1. The lowest BCUT2D eigenvalue weighted by Gasteiger charge is -2.34. The molecule has 2 atom stereocenters. The van der Waals surface area contributed by atoms with E-state index in [4.69, 9.17) is 0 Å². The number of hydrogen-bond acceptors (Lipinski definition) is 3. The number of carbonyl (C=O) groups excluding carboxylic acids is 2. The van der Waals surface area contributed by atoms with Gasteiger partial charge in [0.05, 0.1) is 5.56 Å². The van der Waals surface area contributed by atoms with Crippen LogP contribution in [0.4, 0.5) is 0 Å². The smallest absolute Gasteiger partial charge is 0.254 e. The Morgan fingerprint density at radius 3 is 2.57 bits per heavy atom. The van der Waals surface area contributed by atoms with Gasteiger partial charge in [0.25, 0.3) is 5.91 Å². The molecule has 1 aromatic rings. The van der Waals surface area contributed by atoms with E-state index in [0.29, 0.717) is 25.0 Å². The Morgan fingerprint density at radius 1 is 1.17 bits per heavy atom. The van der Waals surface area contributed by atoms with Crippen LogP contribution in [0, 0.1) is 11.8 Å². The number of rotatable bonds is 3. The molecule has 1 saturated carbocycles. The number of piperidine rings is 1. The van der Waals surface area contributed by atoms with E-state index in [0.717, 1.165) is 24.8 Å². The van der Waals surface area contributed by atoms with Crippen molar-refractivity contribution < 1.29 is 9.59 Å². The van der Waals surface area contributed by atoms with Crippen molar-refractivity contribution in [1.29, 1.82) is 0 Å². The molecular weight excluding hydrogens is 308 g/mol. The van der Waals surface area contributed by atoms with Crippen LogP contribution in [-0.4, -0.2) is 35.8 Å².